The molecule has 7 heteroatoms. The minimum absolute atomic E-state index is 0.154. The molecular weight excluding hydrogens is 340 g/mol. The number of nitrogens with one attached hydrogen (secondary N) is 2. The second kappa shape index (κ2) is 8.94. The summed E-state index contributed by atoms with van der Waals surface area (Å²) in [7, 11) is 1.58. The molecule has 0 radical (unpaired) electrons. The molecule has 0 bridgehead atoms. The van der Waals surface area contributed by atoms with E-state index in [9.17, 15) is 4.79 Å². The van der Waals surface area contributed by atoms with Gasteiger partial charge in [-0.3, -0.25) is 9.79 Å². The van der Waals surface area contributed by atoms with Gasteiger partial charge in [-0.1, -0.05) is 29.8 Å². The summed E-state index contributed by atoms with van der Waals surface area (Å²) in [6, 6.07) is 12.7. The molecule has 1 amide bonds. The van der Waals surface area contributed by atoms with Gasteiger partial charge in [0.15, 0.2) is 5.96 Å². The minimum atomic E-state index is -0.154. The van der Waals surface area contributed by atoms with Crippen LogP contribution in [0.15, 0.2) is 47.5 Å². The Kier molecular flexibility index (Phi) is 6.65. The summed E-state index contributed by atoms with van der Waals surface area (Å²) in [5, 5.41) is 6.39. The highest BCUT2D eigenvalue weighted by Crippen LogP contribution is 2.23. The molecule has 0 spiro atoms. The van der Waals surface area contributed by atoms with Gasteiger partial charge in [0.2, 0.25) is 5.91 Å². The van der Waals surface area contributed by atoms with Gasteiger partial charge in [0.1, 0.15) is 5.75 Å². The number of carbonyl (C=O) groups is 1. The monoisotopic (exact) mass is 360 g/mol. The van der Waals surface area contributed by atoms with Crippen LogP contribution in [0, 0.1) is 6.92 Å². The Balaban J connectivity index is 1.87. The number of guanidine groups is 1. The fourth-order valence-electron chi connectivity index (χ4n) is 2.16. The Hall–Kier alpha value is -2.73. The molecule has 2 aromatic rings. The van der Waals surface area contributed by atoms with Gasteiger partial charge < -0.3 is 21.1 Å². The van der Waals surface area contributed by atoms with Crippen LogP contribution in [-0.4, -0.2) is 25.5 Å². The van der Waals surface area contributed by atoms with Crippen LogP contribution in [-0.2, 0) is 4.79 Å². The second-order valence-electron chi connectivity index (χ2n) is 5.30. The Morgan fingerprint density at radius 2 is 1.88 bits per heavy atom. The zero-order valence-corrected chi connectivity index (χ0v) is 14.9. The molecule has 0 saturated heterocycles. The molecule has 132 valence electrons. The number of ether oxygens (including phenoxy) is 1. The van der Waals surface area contributed by atoms with Crippen molar-refractivity contribution in [3.05, 3.63) is 53.1 Å². The Morgan fingerprint density at radius 1 is 1.16 bits per heavy atom. The molecule has 2 rings (SSSR count). The highest BCUT2D eigenvalue weighted by Gasteiger charge is 2.07. The fraction of sp³-hybridized carbons (Fsp3) is 0.222. The van der Waals surface area contributed by atoms with Crippen molar-refractivity contribution in [1.82, 2.24) is 0 Å². The summed E-state index contributed by atoms with van der Waals surface area (Å²) in [4.78, 5) is 16.2. The first-order valence-electron chi connectivity index (χ1n) is 7.76. The Bertz CT molecular complexity index is 777. The summed E-state index contributed by atoms with van der Waals surface area (Å²) >= 11 is 6.04. The average Bonchev–Trinajstić information content (AvgIpc) is 2.59. The molecule has 0 atom stereocenters. The number of amides is 1. The topological polar surface area (TPSA) is 88.7 Å². The first-order valence-corrected chi connectivity index (χ1v) is 8.14. The van der Waals surface area contributed by atoms with Gasteiger partial charge in [-0.05, 0) is 36.8 Å². The molecule has 0 heterocycles. The Morgan fingerprint density at radius 3 is 2.64 bits per heavy atom. The van der Waals surface area contributed by atoms with Crippen LogP contribution in [0.4, 0.5) is 11.4 Å². The predicted octanol–water partition coefficient (Wildman–Crippen LogP) is 3.41. The first kappa shape index (κ1) is 18.6. The lowest BCUT2D eigenvalue weighted by Gasteiger charge is -2.10. The number of halogens is 1. The number of hydrogen-bond donors (Lipinski definition) is 3. The van der Waals surface area contributed by atoms with E-state index < -0.39 is 0 Å². The lowest BCUT2D eigenvalue weighted by molar-refractivity contribution is -0.116. The summed E-state index contributed by atoms with van der Waals surface area (Å²) < 4.78 is 5.23. The van der Waals surface area contributed by atoms with Crippen LogP contribution < -0.4 is 21.1 Å². The largest absolute Gasteiger partial charge is 0.495 e. The third kappa shape index (κ3) is 5.39. The van der Waals surface area contributed by atoms with Crippen LogP contribution >= 0.6 is 11.6 Å². The number of methoxy groups -OCH3 is 1. The van der Waals surface area contributed by atoms with E-state index >= 15 is 0 Å². The van der Waals surface area contributed by atoms with E-state index in [4.69, 9.17) is 22.1 Å². The van der Waals surface area contributed by atoms with Crippen LogP contribution in [0.5, 0.6) is 5.75 Å². The van der Waals surface area contributed by atoms with Crippen molar-refractivity contribution in [2.75, 3.05) is 24.3 Å². The van der Waals surface area contributed by atoms with E-state index in [0.29, 0.717) is 22.1 Å². The fourth-order valence-corrected chi connectivity index (χ4v) is 2.33. The molecule has 2 aromatic carbocycles. The van der Waals surface area contributed by atoms with E-state index in [1.54, 1.807) is 25.3 Å². The Labute approximate surface area is 152 Å². The lowest BCUT2D eigenvalue weighted by atomic mass is 10.2. The summed E-state index contributed by atoms with van der Waals surface area (Å²) in [5.41, 5.74) is 8.09. The second-order valence-corrected chi connectivity index (χ2v) is 5.71. The number of rotatable bonds is 6. The maximum absolute atomic E-state index is 12.0. The first-order chi connectivity index (χ1) is 12.0. The number of carbonyl (C=O) groups excluding carboxylic acids is 1. The average molecular weight is 361 g/mol. The van der Waals surface area contributed by atoms with E-state index in [0.717, 1.165) is 5.56 Å². The maximum atomic E-state index is 12.0. The third-order valence-electron chi connectivity index (χ3n) is 3.53. The smallest absolute Gasteiger partial charge is 0.226 e. The zero-order valence-electron chi connectivity index (χ0n) is 14.2. The SMILES string of the molecule is COc1ccccc1NC(N)=NCCC(=O)Nc1cccc(Cl)c1C. The maximum Gasteiger partial charge on any atom is 0.226 e. The van der Waals surface area contributed by atoms with Gasteiger partial charge in [-0.2, -0.15) is 0 Å². The van der Waals surface area contributed by atoms with Crippen molar-refractivity contribution in [3.8, 4) is 5.75 Å². The molecule has 0 aromatic heterocycles. The van der Waals surface area contributed by atoms with Crippen molar-refractivity contribution >= 4 is 34.8 Å². The quantitative estimate of drug-likeness (QED) is 0.544. The molecule has 6 nitrogen and oxygen atoms in total. The van der Waals surface area contributed by atoms with Crippen LogP contribution in [0.3, 0.4) is 0 Å². The summed E-state index contributed by atoms with van der Waals surface area (Å²) in [5.74, 6) is 0.727. The molecule has 0 aliphatic heterocycles. The van der Waals surface area contributed by atoms with E-state index in [2.05, 4.69) is 15.6 Å². The molecule has 0 saturated carbocycles. The zero-order chi connectivity index (χ0) is 18.2. The van der Waals surface area contributed by atoms with Gasteiger partial charge in [0, 0.05) is 17.1 Å². The molecule has 0 aliphatic rings. The molecule has 0 unspecified atom stereocenters. The van der Waals surface area contributed by atoms with Crippen molar-refractivity contribution < 1.29 is 9.53 Å². The van der Waals surface area contributed by atoms with Crippen LogP contribution in [0.25, 0.3) is 0 Å². The molecule has 0 fully saturated rings. The molecule has 4 N–H and O–H groups in total. The number of hydrogen-bond acceptors (Lipinski definition) is 3. The normalized spacial score (nSPS) is 11.1. The minimum Gasteiger partial charge on any atom is -0.495 e. The standard InChI is InChI=1S/C18H21ClN4O2/c1-12-13(19)6-5-8-14(12)22-17(24)10-11-21-18(20)23-15-7-3-4-9-16(15)25-2/h3-9H,10-11H2,1-2H3,(H,22,24)(H3,20,21,23). The number of aliphatic imine (C=N–C) groups is 1. The number of para-hydroxylation sites is 2. The summed E-state index contributed by atoms with van der Waals surface area (Å²) in [6.45, 7) is 2.12. The van der Waals surface area contributed by atoms with Crippen LogP contribution in [0.2, 0.25) is 5.02 Å². The van der Waals surface area contributed by atoms with Crippen molar-refractivity contribution in [1.29, 1.82) is 0 Å². The highest BCUT2D eigenvalue weighted by molar-refractivity contribution is 6.31. The summed E-state index contributed by atoms with van der Waals surface area (Å²) in [6.07, 6.45) is 0.209. The van der Waals surface area contributed by atoms with E-state index in [1.807, 2.05) is 31.2 Å². The van der Waals surface area contributed by atoms with Gasteiger partial charge in [-0.15, -0.1) is 0 Å². The highest BCUT2D eigenvalue weighted by atomic mass is 35.5. The van der Waals surface area contributed by atoms with Crippen molar-refractivity contribution in [2.24, 2.45) is 10.7 Å². The van der Waals surface area contributed by atoms with Gasteiger partial charge in [0.25, 0.3) is 0 Å². The van der Waals surface area contributed by atoms with Gasteiger partial charge in [0.05, 0.1) is 19.3 Å². The number of anilines is 2. The number of nitrogens with two attached hydrogens (primary N) is 1. The molecule has 25 heavy (non-hydrogen) atoms. The van der Waals surface area contributed by atoms with Gasteiger partial charge in [-0.25, -0.2) is 0 Å². The van der Waals surface area contributed by atoms with E-state index in [-0.39, 0.29) is 24.8 Å². The van der Waals surface area contributed by atoms with E-state index in [1.165, 1.54) is 0 Å². The third-order valence-corrected chi connectivity index (χ3v) is 3.94. The molecular formula is C18H21ClN4O2. The lowest BCUT2D eigenvalue weighted by Crippen LogP contribution is -2.24. The number of benzene rings is 2. The number of nitrogens with zero attached hydrogens (tertiary/aromatic N) is 1. The van der Waals surface area contributed by atoms with Crippen molar-refractivity contribution in [2.45, 2.75) is 13.3 Å². The predicted molar refractivity (Wildman–Crippen MR) is 103 cm³/mol. The van der Waals surface area contributed by atoms with Gasteiger partial charge >= 0.3 is 0 Å². The molecule has 0 aliphatic carbocycles. The van der Waals surface area contributed by atoms with Crippen molar-refractivity contribution in [3.63, 3.8) is 0 Å². The van der Waals surface area contributed by atoms with Crippen LogP contribution in [0.1, 0.15) is 12.0 Å².